The molecule has 4 heterocycles. The van der Waals surface area contributed by atoms with Gasteiger partial charge in [-0.3, -0.25) is 19.1 Å². The molecule has 3 aromatic rings. The van der Waals surface area contributed by atoms with E-state index in [1.165, 1.54) is 4.90 Å². The largest absolute Gasteiger partial charge is 0.471 e. The van der Waals surface area contributed by atoms with E-state index in [1.54, 1.807) is 18.0 Å². The van der Waals surface area contributed by atoms with E-state index in [9.17, 15) is 27.6 Å². The molecular formula is C43H55N7O7S. The molecule has 0 spiro atoms. The van der Waals surface area contributed by atoms with Crippen molar-refractivity contribution in [2.24, 2.45) is 11.8 Å². The minimum atomic E-state index is -3.89. The number of hydrogen-bond donors (Lipinski definition) is 3. The summed E-state index contributed by atoms with van der Waals surface area (Å²) in [6.07, 6.45) is 15.5. The van der Waals surface area contributed by atoms with Crippen LogP contribution in [0, 0.1) is 18.8 Å². The number of ether oxygens (including phenoxy) is 1. The molecule has 8 rings (SSSR count). The Morgan fingerprint density at radius 2 is 1.83 bits per heavy atom. The van der Waals surface area contributed by atoms with Crippen LogP contribution in [0.5, 0.6) is 5.88 Å². The van der Waals surface area contributed by atoms with Gasteiger partial charge < -0.3 is 29.7 Å². The SMILES string of the molecule is C=C[C@@H]1C[C@]1(NC(=O)[C@@H]1C[C@@H]2CN1C(=O)[C@H](C1CCCC1)NC(=O)N(C)CCCCC/C=C/Cn1cc(C)c3c4ccccc4nc(c31)O2)C(=O)NS(=O)(=O)C1CC1. The number of nitrogens with zero attached hydrogens (tertiary/aromatic N) is 4. The predicted molar refractivity (Wildman–Crippen MR) is 220 cm³/mol. The number of aromatic nitrogens is 2. The number of sulfonamides is 1. The zero-order valence-corrected chi connectivity index (χ0v) is 34.3. The lowest BCUT2D eigenvalue weighted by Crippen LogP contribution is -2.59. The summed E-state index contributed by atoms with van der Waals surface area (Å²) in [7, 11) is -2.16. The molecule has 15 heteroatoms. The second-order valence-corrected chi connectivity index (χ2v) is 19.0. The van der Waals surface area contributed by atoms with Gasteiger partial charge in [0.05, 0.1) is 17.3 Å². The first-order valence-electron chi connectivity index (χ1n) is 20.9. The van der Waals surface area contributed by atoms with Crippen LogP contribution >= 0.6 is 0 Å². The maximum Gasteiger partial charge on any atom is 0.317 e. The van der Waals surface area contributed by atoms with Gasteiger partial charge in [0.1, 0.15) is 29.2 Å². The Morgan fingerprint density at radius 3 is 2.57 bits per heavy atom. The Balaban J connectivity index is 1.17. The van der Waals surface area contributed by atoms with Gasteiger partial charge in [-0.25, -0.2) is 18.2 Å². The van der Waals surface area contributed by atoms with Gasteiger partial charge in [-0.2, -0.15) is 0 Å². The number of fused-ring (bicyclic) bond motifs is 4. The molecular weight excluding hydrogens is 759 g/mol. The number of amides is 5. The Kier molecular flexibility index (Phi) is 11.0. The monoisotopic (exact) mass is 813 g/mol. The van der Waals surface area contributed by atoms with Crippen LogP contribution in [0.15, 0.2) is 55.3 Å². The highest BCUT2D eigenvalue weighted by atomic mass is 32.2. The van der Waals surface area contributed by atoms with Crippen LogP contribution in [0.2, 0.25) is 0 Å². The molecule has 2 aromatic heterocycles. The quantitative estimate of drug-likeness (QED) is 0.285. The van der Waals surface area contributed by atoms with Crippen molar-refractivity contribution in [1.29, 1.82) is 0 Å². The molecule has 2 bridgehead atoms. The van der Waals surface area contributed by atoms with Crippen LogP contribution in [0.3, 0.4) is 0 Å². The molecule has 1 aromatic carbocycles. The lowest BCUT2D eigenvalue weighted by Gasteiger charge is -2.33. The zero-order valence-electron chi connectivity index (χ0n) is 33.5. The van der Waals surface area contributed by atoms with Gasteiger partial charge in [-0.15, -0.1) is 6.58 Å². The third-order valence-corrected chi connectivity index (χ3v) is 14.7. The molecule has 5 amide bonds. The van der Waals surface area contributed by atoms with Crippen molar-refractivity contribution >= 4 is 55.6 Å². The van der Waals surface area contributed by atoms with Crippen LogP contribution in [0.4, 0.5) is 4.79 Å². The van der Waals surface area contributed by atoms with E-state index in [4.69, 9.17) is 9.72 Å². The highest BCUT2D eigenvalue weighted by molar-refractivity contribution is 7.91. The second-order valence-electron chi connectivity index (χ2n) is 17.0. The number of pyridine rings is 1. The molecule has 1 saturated heterocycles. The topological polar surface area (TPSA) is 172 Å². The molecule has 5 aliphatic rings. The van der Waals surface area contributed by atoms with Crippen LogP contribution < -0.4 is 20.1 Å². The summed E-state index contributed by atoms with van der Waals surface area (Å²) in [4.78, 5) is 65.1. The lowest BCUT2D eigenvalue weighted by molar-refractivity contribution is -0.142. The van der Waals surface area contributed by atoms with Crippen molar-refractivity contribution in [3.8, 4) is 5.88 Å². The third-order valence-electron chi connectivity index (χ3n) is 12.8. The number of aryl methyl sites for hydroxylation is 1. The molecule has 5 atom stereocenters. The van der Waals surface area contributed by atoms with Gasteiger partial charge in [0.15, 0.2) is 0 Å². The smallest absolute Gasteiger partial charge is 0.317 e. The molecule has 58 heavy (non-hydrogen) atoms. The molecule has 4 fully saturated rings. The van der Waals surface area contributed by atoms with Gasteiger partial charge in [-0.1, -0.05) is 55.7 Å². The first-order chi connectivity index (χ1) is 27.9. The van der Waals surface area contributed by atoms with Crippen molar-refractivity contribution in [2.45, 2.75) is 119 Å². The van der Waals surface area contributed by atoms with E-state index in [-0.39, 0.29) is 37.2 Å². The standard InChI is InChI=1S/C43H55N7O7S/c1-4-29-24-43(29,41(53)47-58(55,56)31-19-20-31)46-38(51)34-23-30-26-50(34)40(52)36(28-15-9-10-16-28)45-42(54)48(3)21-13-7-5-6-8-14-22-49-25-27(2)35-32-17-11-12-18-33(32)44-39(57-30)37(35)49/h4,8,11-12,14,17-18,25,28-31,34,36H,1,5-7,9-10,13,15-16,19-24,26H2,2-3H3,(H,45,54)(H,46,51)(H,47,53)/b14-8+/t29-,30-,34+,36+,43-/m1/s1. The fourth-order valence-electron chi connectivity index (χ4n) is 9.28. The number of carbonyl (C=O) groups excluding carboxylic acids is 4. The highest BCUT2D eigenvalue weighted by Gasteiger charge is 2.62. The van der Waals surface area contributed by atoms with Gasteiger partial charge in [0.2, 0.25) is 27.7 Å². The first kappa shape index (κ1) is 39.9. The third kappa shape index (κ3) is 7.81. The van der Waals surface area contributed by atoms with Crippen molar-refractivity contribution in [3.05, 3.63) is 60.8 Å². The molecule has 3 N–H and O–H groups in total. The molecule has 14 nitrogen and oxygen atoms in total. The minimum absolute atomic E-state index is 0.0294. The van der Waals surface area contributed by atoms with Crippen molar-refractivity contribution < 1.29 is 32.3 Å². The van der Waals surface area contributed by atoms with Crippen LogP contribution in [-0.2, 0) is 31.0 Å². The number of allylic oxidation sites excluding steroid dienone is 2. The zero-order chi connectivity index (χ0) is 40.8. The Hall–Kier alpha value is -4.92. The predicted octanol–water partition coefficient (Wildman–Crippen LogP) is 4.85. The molecule has 0 radical (unpaired) electrons. The summed E-state index contributed by atoms with van der Waals surface area (Å²) in [5.74, 6) is -2.03. The second kappa shape index (κ2) is 16.0. The minimum Gasteiger partial charge on any atom is -0.471 e. The fraction of sp³-hybridized carbons (Fsp3) is 0.558. The van der Waals surface area contributed by atoms with Gasteiger partial charge in [0.25, 0.3) is 5.91 Å². The first-order valence-corrected chi connectivity index (χ1v) is 22.5. The molecule has 3 saturated carbocycles. The number of para-hydroxylation sites is 1. The summed E-state index contributed by atoms with van der Waals surface area (Å²) in [5.41, 5.74) is 1.11. The maximum absolute atomic E-state index is 15.0. The fourth-order valence-corrected chi connectivity index (χ4v) is 10.6. The summed E-state index contributed by atoms with van der Waals surface area (Å²) >= 11 is 0. The summed E-state index contributed by atoms with van der Waals surface area (Å²) < 4.78 is 36.9. The summed E-state index contributed by atoms with van der Waals surface area (Å²) in [6.45, 7) is 7.07. The highest BCUT2D eigenvalue weighted by Crippen LogP contribution is 2.46. The van der Waals surface area contributed by atoms with E-state index in [0.717, 1.165) is 78.7 Å². The number of urea groups is 1. The van der Waals surface area contributed by atoms with E-state index in [2.05, 4.69) is 51.8 Å². The summed E-state index contributed by atoms with van der Waals surface area (Å²) in [6, 6.07) is 5.59. The summed E-state index contributed by atoms with van der Waals surface area (Å²) in [5, 5.41) is 7.33. The van der Waals surface area contributed by atoms with Gasteiger partial charge in [-0.05, 0) is 75.8 Å². The van der Waals surface area contributed by atoms with Crippen molar-refractivity contribution in [3.63, 3.8) is 0 Å². The Labute approximate surface area is 339 Å². The van der Waals surface area contributed by atoms with E-state index >= 15 is 0 Å². The van der Waals surface area contributed by atoms with Crippen LogP contribution in [0.1, 0.15) is 82.6 Å². The van der Waals surface area contributed by atoms with Gasteiger partial charge >= 0.3 is 6.03 Å². The Morgan fingerprint density at radius 1 is 1.05 bits per heavy atom. The average Bonchev–Trinajstić information content (AvgIpc) is 4.03. The molecule has 2 aliphatic heterocycles. The molecule has 3 aliphatic carbocycles. The van der Waals surface area contributed by atoms with E-state index in [1.807, 2.05) is 24.3 Å². The normalized spacial score (nSPS) is 28.2. The number of carbonyl (C=O) groups is 4. The van der Waals surface area contributed by atoms with Crippen LogP contribution in [-0.4, -0.2) is 101 Å². The van der Waals surface area contributed by atoms with Gasteiger partial charge in [0, 0.05) is 49.4 Å². The van der Waals surface area contributed by atoms with Crippen molar-refractivity contribution in [1.82, 2.24) is 34.7 Å². The Bertz CT molecular complexity index is 2260. The molecule has 310 valence electrons. The maximum atomic E-state index is 15.0. The lowest BCUT2D eigenvalue weighted by atomic mass is 9.96. The van der Waals surface area contributed by atoms with Crippen LogP contribution in [0.25, 0.3) is 21.8 Å². The number of benzene rings is 1. The number of hydrogen-bond acceptors (Lipinski definition) is 8. The molecule has 0 unspecified atom stereocenters. The van der Waals surface area contributed by atoms with E-state index in [0.29, 0.717) is 31.8 Å². The number of rotatable bonds is 7. The van der Waals surface area contributed by atoms with E-state index < -0.39 is 56.7 Å². The van der Waals surface area contributed by atoms with Crippen molar-refractivity contribution in [2.75, 3.05) is 20.1 Å². The number of nitrogens with one attached hydrogen (secondary N) is 3. The average molecular weight is 814 g/mol.